The first-order chi connectivity index (χ1) is 16.3. The van der Waals surface area contributed by atoms with Crippen molar-refractivity contribution >= 4 is 17.2 Å². The Morgan fingerprint density at radius 2 is 1.91 bits per heavy atom. The maximum absolute atomic E-state index is 13.5. The Balaban J connectivity index is 1.67. The van der Waals surface area contributed by atoms with Gasteiger partial charge in [0.15, 0.2) is 5.69 Å². The molecule has 2 aromatic heterocycles. The minimum absolute atomic E-state index is 0.0249. The Bertz CT molecular complexity index is 1130. The topological polar surface area (TPSA) is 78.6 Å². The second kappa shape index (κ2) is 10.8. The van der Waals surface area contributed by atoms with E-state index >= 15 is 0 Å². The Kier molecular flexibility index (Phi) is 8.23. The first-order valence-electron chi connectivity index (χ1n) is 10.3. The van der Waals surface area contributed by atoms with Gasteiger partial charge in [0.2, 0.25) is 0 Å². The highest BCUT2D eigenvalue weighted by Gasteiger charge is 2.40. The highest BCUT2D eigenvalue weighted by atomic mass is 32.1. The number of hydrogen-bond acceptors (Lipinski definition) is 6. The van der Waals surface area contributed by atoms with Crippen LogP contribution in [0.4, 0.5) is 26.3 Å². The van der Waals surface area contributed by atoms with Gasteiger partial charge in [-0.15, -0.1) is 11.3 Å². The predicted molar refractivity (Wildman–Crippen MR) is 115 cm³/mol. The molecule has 2 N–H and O–H groups in total. The normalized spacial score (nSPS) is 13.3. The summed E-state index contributed by atoms with van der Waals surface area (Å²) in [5, 5.41) is 12.4. The van der Waals surface area contributed by atoms with Crippen molar-refractivity contribution in [3.8, 4) is 0 Å². The fourth-order valence-corrected chi connectivity index (χ4v) is 4.22. The SMILES string of the molecule is CN(Cc1ccco1)CC(O)c1nc(C(F)(F)F)c(C(=O)NCCc2cccc(C(F)(F)F)c2)s1. The monoisotopic (exact) mass is 521 g/mol. The minimum Gasteiger partial charge on any atom is -0.468 e. The highest BCUT2D eigenvalue weighted by Crippen LogP contribution is 2.36. The number of amides is 1. The molecular formula is C22H21F6N3O3S. The molecule has 0 spiro atoms. The van der Waals surface area contributed by atoms with Crippen molar-refractivity contribution in [2.75, 3.05) is 20.1 Å². The summed E-state index contributed by atoms with van der Waals surface area (Å²) in [5.41, 5.74) is -2.03. The zero-order chi connectivity index (χ0) is 25.8. The Morgan fingerprint density at radius 1 is 1.17 bits per heavy atom. The molecule has 0 bridgehead atoms. The molecule has 0 saturated heterocycles. The third-order valence-electron chi connectivity index (χ3n) is 4.85. The standard InChI is InChI=1S/C22H21F6N3O3S/c1-31(11-15-6-3-9-34-15)12-16(32)20-30-18(22(26,27)28)17(35-20)19(33)29-8-7-13-4-2-5-14(10-13)21(23,24)25/h2-6,9-10,16,32H,7-8,11-12H2,1H3,(H,29,33). The largest absolute Gasteiger partial charge is 0.468 e. The van der Waals surface area contributed by atoms with Gasteiger partial charge in [-0.2, -0.15) is 26.3 Å². The fraction of sp³-hybridized carbons (Fsp3) is 0.364. The summed E-state index contributed by atoms with van der Waals surface area (Å²) >= 11 is 0.413. The van der Waals surface area contributed by atoms with Crippen molar-refractivity contribution in [3.05, 3.63) is 75.1 Å². The van der Waals surface area contributed by atoms with Crippen LogP contribution in [0.1, 0.15) is 43.4 Å². The van der Waals surface area contributed by atoms with Crippen LogP contribution in [0.2, 0.25) is 0 Å². The van der Waals surface area contributed by atoms with E-state index in [9.17, 15) is 36.2 Å². The van der Waals surface area contributed by atoms with Crippen molar-refractivity contribution in [1.82, 2.24) is 15.2 Å². The molecule has 13 heteroatoms. The first-order valence-corrected chi connectivity index (χ1v) is 11.1. The molecule has 3 aromatic rings. The molecule has 2 heterocycles. The van der Waals surface area contributed by atoms with Crippen LogP contribution < -0.4 is 5.32 Å². The fourth-order valence-electron chi connectivity index (χ4n) is 3.24. The first kappa shape index (κ1) is 26.7. The van der Waals surface area contributed by atoms with E-state index in [-0.39, 0.29) is 30.1 Å². The van der Waals surface area contributed by atoms with E-state index in [2.05, 4.69) is 10.3 Å². The predicted octanol–water partition coefficient (Wildman–Crippen LogP) is 4.91. The Morgan fingerprint density at radius 3 is 2.54 bits per heavy atom. The van der Waals surface area contributed by atoms with Gasteiger partial charge in [0, 0.05) is 13.1 Å². The molecule has 0 aliphatic rings. The molecule has 0 radical (unpaired) electrons. The number of aliphatic hydroxyl groups is 1. The zero-order valence-corrected chi connectivity index (χ0v) is 19.1. The van der Waals surface area contributed by atoms with E-state index in [1.807, 2.05) is 0 Å². The number of alkyl halides is 6. The van der Waals surface area contributed by atoms with Crippen LogP contribution in [0, 0.1) is 0 Å². The number of carbonyl (C=O) groups excluding carboxylic acids is 1. The summed E-state index contributed by atoms with van der Waals surface area (Å²) in [6, 6.07) is 7.82. The number of thiazole rings is 1. The number of aliphatic hydroxyl groups excluding tert-OH is 1. The molecule has 6 nitrogen and oxygen atoms in total. The van der Waals surface area contributed by atoms with Crippen LogP contribution in [0.15, 0.2) is 47.1 Å². The lowest BCUT2D eigenvalue weighted by Crippen LogP contribution is -2.27. The van der Waals surface area contributed by atoms with Gasteiger partial charge in [-0.3, -0.25) is 9.69 Å². The van der Waals surface area contributed by atoms with Gasteiger partial charge in [0.25, 0.3) is 5.91 Å². The van der Waals surface area contributed by atoms with E-state index in [0.717, 1.165) is 12.1 Å². The van der Waals surface area contributed by atoms with Crippen LogP contribution in [-0.4, -0.2) is 41.0 Å². The van der Waals surface area contributed by atoms with Gasteiger partial charge in [-0.25, -0.2) is 4.98 Å². The second-order valence-corrected chi connectivity index (χ2v) is 8.75. The number of nitrogens with zero attached hydrogens (tertiary/aromatic N) is 2. The number of hydrogen-bond donors (Lipinski definition) is 2. The molecule has 1 amide bonds. The smallest absolute Gasteiger partial charge is 0.435 e. The lowest BCUT2D eigenvalue weighted by molar-refractivity contribution is -0.141. The van der Waals surface area contributed by atoms with Gasteiger partial charge in [0.1, 0.15) is 21.7 Å². The quantitative estimate of drug-likeness (QED) is 0.392. The van der Waals surface area contributed by atoms with Crippen LogP contribution >= 0.6 is 11.3 Å². The van der Waals surface area contributed by atoms with E-state index in [1.54, 1.807) is 24.1 Å². The van der Waals surface area contributed by atoms with Gasteiger partial charge in [-0.05, 0) is 37.2 Å². The third-order valence-corrected chi connectivity index (χ3v) is 6.00. The average molecular weight is 521 g/mol. The molecule has 0 aliphatic heterocycles. The number of benzene rings is 1. The number of furan rings is 1. The summed E-state index contributed by atoms with van der Waals surface area (Å²) in [6.07, 6.45) is -9.43. The van der Waals surface area contributed by atoms with E-state index in [0.29, 0.717) is 23.6 Å². The van der Waals surface area contributed by atoms with Crippen molar-refractivity contribution < 1.29 is 40.7 Å². The number of nitrogens with one attached hydrogen (secondary N) is 1. The zero-order valence-electron chi connectivity index (χ0n) is 18.3. The lowest BCUT2D eigenvalue weighted by Gasteiger charge is -2.18. The van der Waals surface area contributed by atoms with Crippen LogP contribution in [0.25, 0.3) is 0 Å². The number of rotatable bonds is 9. The molecule has 0 saturated carbocycles. The van der Waals surface area contributed by atoms with Gasteiger partial charge < -0.3 is 14.8 Å². The van der Waals surface area contributed by atoms with Crippen LogP contribution in [0.5, 0.6) is 0 Å². The van der Waals surface area contributed by atoms with E-state index in [4.69, 9.17) is 4.42 Å². The Labute approximate surface area is 200 Å². The highest BCUT2D eigenvalue weighted by molar-refractivity contribution is 7.13. The van der Waals surface area contributed by atoms with Crippen molar-refractivity contribution in [3.63, 3.8) is 0 Å². The summed E-state index contributed by atoms with van der Waals surface area (Å²) in [7, 11) is 1.63. The molecule has 1 atom stereocenters. The summed E-state index contributed by atoms with van der Waals surface area (Å²) < 4.78 is 84.2. The second-order valence-electron chi connectivity index (χ2n) is 7.72. The molecule has 0 fully saturated rings. The van der Waals surface area contributed by atoms with E-state index in [1.165, 1.54) is 18.4 Å². The summed E-state index contributed by atoms with van der Waals surface area (Å²) in [5.74, 6) is -0.486. The van der Waals surface area contributed by atoms with Crippen LogP contribution in [0.3, 0.4) is 0 Å². The third kappa shape index (κ3) is 7.29. The molecule has 1 unspecified atom stereocenters. The van der Waals surface area contributed by atoms with E-state index < -0.39 is 40.5 Å². The molecule has 35 heavy (non-hydrogen) atoms. The van der Waals surface area contributed by atoms with Gasteiger partial charge in [0.05, 0.1) is 18.4 Å². The molecule has 190 valence electrons. The van der Waals surface area contributed by atoms with Crippen molar-refractivity contribution in [2.45, 2.75) is 31.4 Å². The molecular weight excluding hydrogens is 500 g/mol. The van der Waals surface area contributed by atoms with Gasteiger partial charge in [-0.1, -0.05) is 18.2 Å². The number of carbonyl (C=O) groups is 1. The van der Waals surface area contributed by atoms with Crippen molar-refractivity contribution in [1.29, 1.82) is 0 Å². The number of likely N-dealkylation sites (N-methyl/N-ethyl adjacent to an activating group) is 1. The number of halogens is 6. The van der Waals surface area contributed by atoms with Crippen LogP contribution in [-0.2, 0) is 25.3 Å². The molecule has 0 aliphatic carbocycles. The summed E-state index contributed by atoms with van der Waals surface area (Å²) in [6.45, 7) is 0.0334. The summed E-state index contributed by atoms with van der Waals surface area (Å²) in [4.78, 5) is 16.8. The maximum atomic E-state index is 13.5. The minimum atomic E-state index is -4.94. The van der Waals surface area contributed by atoms with Gasteiger partial charge >= 0.3 is 12.4 Å². The molecule has 1 aromatic carbocycles. The lowest BCUT2D eigenvalue weighted by atomic mass is 10.1. The average Bonchev–Trinajstić information content (AvgIpc) is 3.43. The Hall–Kier alpha value is -2.90. The van der Waals surface area contributed by atoms with Crippen molar-refractivity contribution in [2.24, 2.45) is 0 Å². The molecule has 3 rings (SSSR count). The maximum Gasteiger partial charge on any atom is 0.435 e. The number of aromatic nitrogens is 1.